The summed E-state index contributed by atoms with van der Waals surface area (Å²) in [5.74, 6) is -0.185. The van der Waals surface area contributed by atoms with Gasteiger partial charge in [-0.2, -0.15) is 0 Å². The molecule has 0 fully saturated rings. The van der Waals surface area contributed by atoms with Crippen molar-refractivity contribution < 1.29 is 14.3 Å². The molecule has 1 unspecified atom stereocenters. The predicted octanol–water partition coefficient (Wildman–Crippen LogP) is 1.75. The molecule has 2 aromatic heterocycles. The smallest absolute Gasteiger partial charge is 0.330 e. The summed E-state index contributed by atoms with van der Waals surface area (Å²) in [6.07, 6.45) is 3.71. The first-order valence-electron chi connectivity index (χ1n) is 5.78. The number of carboxylic acid groups (broad SMARTS) is 1. The number of aliphatic carboxylic acids is 1. The minimum absolute atomic E-state index is 0.294. The first-order chi connectivity index (χ1) is 8.72. The number of tetrazole rings is 1. The van der Waals surface area contributed by atoms with E-state index in [0.717, 1.165) is 17.6 Å². The molecule has 0 amide bonds. The molecule has 18 heavy (non-hydrogen) atoms. The Morgan fingerprint density at radius 2 is 2.44 bits per heavy atom. The lowest BCUT2D eigenvalue weighted by molar-refractivity contribution is -0.141. The van der Waals surface area contributed by atoms with Crippen molar-refractivity contribution in [2.24, 2.45) is 0 Å². The summed E-state index contributed by atoms with van der Waals surface area (Å²) < 4.78 is 5.13. The second-order valence-corrected chi connectivity index (χ2v) is 3.91. The maximum Gasteiger partial charge on any atom is 0.330 e. The van der Waals surface area contributed by atoms with Crippen molar-refractivity contribution in [2.75, 3.05) is 0 Å². The van der Waals surface area contributed by atoms with Crippen LogP contribution in [-0.2, 0) is 4.79 Å². The molecule has 1 N–H and O–H groups in total. The number of nitrogens with zero attached hydrogens (tertiary/aromatic N) is 4. The lowest BCUT2D eigenvalue weighted by Gasteiger charge is -2.08. The van der Waals surface area contributed by atoms with E-state index in [-0.39, 0.29) is 0 Å². The molecule has 0 aliphatic rings. The monoisotopic (exact) mass is 250 g/mol. The van der Waals surface area contributed by atoms with Gasteiger partial charge >= 0.3 is 5.97 Å². The van der Waals surface area contributed by atoms with Crippen molar-refractivity contribution in [2.45, 2.75) is 32.2 Å². The molecule has 7 heteroatoms. The molecule has 96 valence electrons. The van der Waals surface area contributed by atoms with E-state index >= 15 is 0 Å². The van der Waals surface area contributed by atoms with Gasteiger partial charge < -0.3 is 9.52 Å². The number of hydrogen-bond donors (Lipinski definition) is 1. The Kier molecular flexibility index (Phi) is 3.71. The molecule has 7 nitrogen and oxygen atoms in total. The van der Waals surface area contributed by atoms with Crippen LogP contribution in [0, 0.1) is 0 Å². The quantitative estimate of drug-likeness (QED) is 0.839. The predicted molar refractivity (Wildman–Crippen MR) is 61.7 cm³/mol. The summed E-state index contributed by atoms with van der Waals surface area (Å²) >= 11 is 0. The molecule has 2 aromatic rings. The number of unbranched alkanes of at least 4 members (excludes halogenated alkanes) is 1. The average Bonchev–Trinajstić information content (AvgIpc) is 2.99. The molecule has 0 bridgehead atoms. The zero-order valence-corrected chi connectivity index (χ0v) is 9.98. The third kappa shape index (κ3) is 2.55. The third-order valence-electron chi connectivity index (χ3n) is 2.56. The molecule has 0 aliphatic heterocycles. The fraction of sp³-hybridized carbons (Fsp3) is 0.455. The standard InChI is InChI=1S/C11H14N4O3/c1-2-3-5-8(11(16)17)15-13-10(12-14-15)9-6-4-7-18-9/h4,6-8H,2-3,5H2,1H3,(H,16,17). The van der Waals surface area contributed by atoms with Crippen LogP contribution in [0.25, 0.3) is 11.6 Å². The molecular weight excluding hydrogens is 236 g/mol. The van der Waals surface area contributed by atoms with Gasteiger partial charge in [0, 0.05) is 0 Å². The van der Waals surface area contributed by atoms with E-state index in [0.29, 0.717) is 18.0 Å². The number of furan rings is 1. The summed E-state index contributed by atoms with van der Waals surface area (Å²) in [6.45, 7) is 2.00. The van der Waals surface area contributed by atoms with Crippen molar-refractivity contribution in [1.82, 2.24) is 20.2 Å². The largest absolute Gasteiger partial charge is 0.480 e. The first kappa shape index (κ1) is 12.3. The van der Waals surface area contributed by atoms with E-state index in [1.165, 1.54) is 6.26 Å². The van der Waals surface area contributed by atoms with Crippen LogP contribution in [0.1, 0.15) is 32.2 Å². The summed E-state index contributed by atoms with van der Waals surface area (Å²) in [7, 11) is 0. The highest BCUT2D eigenvalue weighted by Crippen LogP contribution is 2.17. The molecular formula is C11H14N4O3. The van der Waals surface area contributed by atoms with E-state index in [4.69, 9.17) is 9.52 Å². The van der Waals surface area contributed by atoms with E-state index in [2.05, 4.69) is 15.4 Å². The molecule has 2 rings (SSSR count). The molecule has 0 aromatic carbocycles. The van der Waals surface area contributed by atoms with Crippen LogP contribution in [0.3, 0.4) is 0 Å². The van der Waals surface area contributed by atoms with E-state index in [1.54, 1.807) is 12.1 Å². The van der Waals surface area contributed by atoms with Gasteiger partial charge in [-0.1, -0.05) is 19.8 Å². The van der Waals surface area contributed by atoms with Crippen LogP contribution in [0.2, 0.25) is 0 Å². The van der Waals surface area contributed by atoms with Crippen molar-refractivity contribution in [3.63, 3.8) is 0 Å². The fourth-order valence-corrected chi connectivity index (χ4v) is 1.60. The van der Waals surface area contributed by atoms with Crippen molar-refractivity contribution >= 4 is 5.97 Å². The Bertz CT molecular complexity index is 506. The zero-order chi connectivity index (χ0) is 13.0. The zero-order valence-electron chi connectivity index (χ0n) is 9.98. The maximum absolute atomic E-state index is 11.1. The van der Waals surface area contributed by atoms with Gasteiger partial charge in [-0.3, -0.25) is 0 Å². The lowest BCUT2D eigenvalue weighted by Crippen LogP contribution is -2.21. The Morgan fingerprint density at radius 3 is 3.06 bits per heavy atom. The van der Waals surface area contributed by atoms with Crippen LogP contribution in [-0.4, -0.2) is 31.3 Å². The van der Waals surface area contributed by atoms with Gasteiger partial charge in [-0.15, -0.1) is 15.0 Å². The first-order valence-corrected chi connectivity index (χ1v) is 5.78. The molecule has 0 spiro atoms. The van der Waals surface area contributed by atoms with Crippen LogP contribution in [0.15, 0.2) is 22.8 Å². The number of carbonyl (C=O) groups is 1. The number of carboxylic acids is 1. The fourth-order valence-electron chi connectivity index (χ4n) is 1.60. The molecule has 1 atom stereocenters. The van der Waals surface area contributed by atoms with Crippen molar-refractivity contribution in [3.8, 4) is 11.6 Å². The van der Waals surface area contributed by atoms with Crippen LogP contribution in [0.4, 0.5) is 0 Å². The molecule has 0 radical (unpaired) electrons. The van der Waals surface area contributed by atoms with Crippen molar-refractivity contribution in [3.05, 3.63) is 18.4 Å². The van der Waals surface area contributed by atoms with Crippen molar-refractivity contribution in [1.29, 1.82) is 0 Å². The third-order valence-corrected chi connectivity index (χ3v) is 2.56. The maximum atomic E-state index is 11.1. The second kappa shape index (κ2) is 5.44. The minimum Gasteiger partial charge on any atom is -0.480 e. The Morgan fingerprint density at radius 1 is 1.61 bits per heavy atom. The van der Waals surface area contributed by atoms with E-state index in [9.17, 15) is 4.79 Å². The van der Waals surface area contributed by atoms with Gasteiger partial charge in [0.05, 0.1) is 6.26 Å². The average molecular weight is 250 g/mol. The van der Waals surface area contributed by atoms with Crippen LogP contribution in [0.5, 0.6) is 0 Å². The van der Waals surface area contributed by atoms with Gasteiger partial charge in [0.1, 0.15) is 0 Å². The van der Waals surface area contributed by atoms with Crippen LogP contribution >= 0.6 is 0 Å². The minimum atomic E-state index is -0.952. The molecule has 0 saturated carbocycles. The summed E-state index contributed by atoms with van der Waals surface area (Å²) in [4.78, 5) is 12.3. The van der Waals surface area contributed by atoms with Gasteiger partial charge in [0.25, 0.3) is 0 Å². The Balaban J connectivity index is 2.19. The number of rotatable bonds is 6. The van der Waals surface area contributed by atoms with Gasteiger partial charge in [0.2, 0.25) is 5.82 Å². The molecule has 0 saturated heterocycles. The number of hydrogen-bond acceptors (Lipinski definition) is 5. The Labute approximate surface area is 103 Å². The highest BCUT2D eigenvalue weighted by molar-refractivity contribution is 5.71. The van der Waals surface area contributed by atoms with Gasteiger partial charge in [0.15, 0.2) is 11.8 Å². The normalized spacial score (nSPS) is 12.5. The highest BCUT2D eigenvalue weighted by Gasteiger charge is 2.22. The second-order valence-electron chi connectivity index (χ2n) is 3.91. The van der Waals surface area contributed by atoms with Gasteiger partial charge in [-0.25, -0.2) is 4.79 Å². The molecule has 2 heterocycles. The molecule has 0 aliphatic carbocycles. The topological polar surface area (TPSA) is 94.0 Å². The SMILES string of the molecule is CCCCC(C(=O)O)n1nnc(-c2ccco2)n1. The highest BCUT2D eigenvalue weighted by atomic mass is 16.4. The summed E-state index contributed by atoms with van der Waals surface area (Å²) in [5.41, 5.74) is 0. The number of aromatic nitrogens is 4. The summed E-state index contributed by atoms with van der Waals surface area (Å²) in [6, 6.07) is 2.63. The van der Waals surface area contributed by atoms with E-state index < -0.39 is 12.0 Å². The Hall–Kier alpha value is -2.18. The van der Waals surface area contributed by atoms with E-state index in [1.807, 2.05) is 6.92 Å². The lowest BCUT2D eigenvalue weighted by atomic mass is 10.1. The summed E-state index contributed by atoms with van der Waals surface area (Å²) in [5, 5.41) is 20.8. The van der Waals surface area contributed by atoms with Gasteiger partial charge in [-0.05, 0) is 23.8 Å². The van der Waals surface area contributed by atoms with Crippen LogP contribution < -0.4 is 0 Å².